The first-order valence-corrected chi connectivity index (χ1v) is 8.56. The molecule has 3 aromatic rings. The number of nitrogens with zero attached hydrogens (tertiary/aromatic N) is 2. The van der Waals surface area contributed by atoms with Gasteiger partial charge in [-0.1, -0.05) is 25.1 Å². The van der Waals surface area contributed by atoms with Crippen molar-refractivity contribution in [1.82, 2.24) is 10.1 Å². The number of halogens is 1. The van der Waals surface area contributed by atoms with Crippen LogP contribution in [0.3, 0.4) is 0 Å². The van der Waals surface area contributed by atoms with E-state index in [4.69, 9.17) is 9.26 Å². The van der Waals surface area contributed by atoms with Crippen molar-refractivity contribution in [1.29, 1.82) is 0 Å². The second-order valence-corrected chi connectivity index (χ2v) is 6.39. The predicted octanol–water partition coefficient (Wildman–Crippen LogP) is 4.33. The quantitative estimate of drug-likeness (QED) is 0.700. The van der Waals surface area contributed by atoms with Crippen LogP contribution in [0.2, 0.25) is 0 Å². The minimum absolute atomic E-state index is 0.186. The first-order valence-electron chi connectivity index (χ1n) is 8.56. The van der Waals surface area contributed by atoms with Gasteiger partial charge in [0.2, 0.25) is 0 Å². The summed E-state index contributed by atoms with van der Waals surface area (Å²) in [7, 11) is 0. The number of amides is 1. The van der Waals surface area contributed by atoms with Crippen LogP contribution in [0.15, 0.2) is 47.0 Å². The van der Waals surface area contributed by atoms with E-state index in [1.807, 2.05) is 13.8 Å². The summed E-state index contributed by atoms with van der Waals surface area (Å²) in [6.45, 7) is 5.39. The van der Waals surface area contributed by atoms with Crippen LogP contribution in [0, 0.1) is 12.7 Å². The molecule has 0 atom stereocenters. The molecule has 0 radical (unpaired) electrons. The molecule has 0 fully saturated rings. The van der Waals surface area contributed by atoms with E-state index in [9.17, 15) is 9.18 Å². The van der Waals surface area contributed by atoms with E-state index in [2.05, 4.69) is 15.5 Å². The first-order chi connectivity index (χ1) is 12.9. The molecule has 3 rings (SSSR count). The molecule has 0 aliphatic rings. The topological polar surface area (TPSA) is 77.2 Å². The molecule has 0 bridgehead atoms. The maximum Gasteiger partial charge on any atom is 0.262 e. The van der Waals surface area contributed by atoms with E-state index in [0.29, 0.717) is 28.7 Å². The lowest BCUT2D eigenvalue weighted by molar-refractivity contribution is -0.118. The highest BCUT2D eigenvalue weighted by Gasteiger charge is 2.12. The van der Waals surface area contributed by atoms with E-state index in [0.717, 1.165) is 5.56 Å². The van der Waals surface area contributed by atoms with Crippen LogP contribution in [-0.2, 0) is 4.79 Å². The zero-order chi connectivity index (χ0) is 19.4. The number of anilines is 1. The lowest BCUT2D eigenvalue weighted by Gasteiger charge is -2.10. The summed E-state index contributed by atoms with van der Waals surface area (Å²) >= 11 is 0. The summed E-state index contributed by atoms with van der Waals surface area (Å²) in [5.74, 6) is 1.05. The second kappa shape index (κ2) is 7.99. The number of carbonyl (C=O) groups is 1. The Kier molecular flexibility index (Phi) is 5.49. The summed E-state index contributed by atoms with van der Waals surface area (Å²) in [6, 6.07) is 11.5. The number of benzene rings is 2. The Balaban J connectivity index is 1.58. The number of rotatable bonds is 6. The van der Waals surface area contributed by atoms with Crippen molar-refractivity contribution < 1.29 is 18.4 Å². The summed E-state index contributed by atoms with van der Waals surface area (Å²) in [6.07, 6.45) is 0. The van der Waals surface area contributed by atoms with Crippen LogP contribution in [0.4, 0.5) is 10.1 Å². The van der Waals surface area contributed by atoms with Gasteiger partial charge in [0.15, 0.2) is 12.4 Å². The van der Waals surface area contributed by atoms with E-state index < -0.39 is 0 Å². The predicted molar refractivity (Wildman–Crippen MR) is 99.1 cm³/mol. The van der Waals surface area contributed by atoms with Crippen molar-refractivity contribution in [3.05, 3.63) is 59.7 Å². The molecule has 6 nitrogen and oxygen atoms in total. The molecule has 0 unspecified atom stereocenters. The summed E-state index contributed by atoms with van der Waals surface area (Å²) in [5, 5.41) is 6.56. The van der Waals surface area contributed by atoms with Crippen molar-refractivity contribution in [2.45, 2.75) is 26.7 Å². The van der Waals surface area contributed by atoms with Gasteiger partial charge in [0.25, 0.3) is 11.8 Å². The highest BCUT2D eigenvalue weighted by Crippen LogP contribution is 2.23. The van der Waals surface area contributed by atoms with E-state index >= 15 is 0 Å². The van der Waals surface area contributed by atoms with Crippen LogP contribution in [0.1, 0.15) is 31.2 Å². The molecule has 1 amide bonds. The van der Waals surface area contributed by atoms with Crippen molar-refractivity contribution >= 4 is 11.6 Å². The molecule has 1 heterocycles. The van der Waals surface area contributed by atoms with Crippen LogP contribution >= 0.6 is 0 Å². The molecular weight excluding hydrogens is 349 g/mol. The van der Waals surface area contributed by atoms with Gasteiger partial charge < -0.3 is 14.6 Å². The number of hydrogen-bond acceptors (Lipinski definition) is 5. The third kappa shape index (κ3) is 4.49. The van der Waals surface area contributed by atoms with Crippen molar-refractivity contribution in [2.24, 2.45) is 0 Å². The molecule has 1 N–H and O–H groups in total. The lowest BCUT2D eigenvalue weighted by atomic mass is 10.2. The largest absolute Gasteiger partial charge is 0.484 e. The third-order valence-corrected chi connectivity index (χ3v) is 3.97. The Morgan fingerprint density at radius 3 is 2.63 bits per heavy atom. The first kappa shape index (κ1) is 18.6. The van der Waals surface area contributed by atoms with Gasteiger partial charge in [-0.3, -0.25) is 4.79 Å². The van der Waals surface area contributed by atoms with Gasteiger partial charge in [-0.2, -0.15) is 4.98 Å². The highest BCUT2D eigenvalue weighted by molar-refractivity contribution is 5.92. The molecule has 2 aromatic carbocycles. The minimum atomic E-state index is -0.369. The fourth-order valence-electron chi connectivity index (χ4n) is 2.36. The second-order valence-electron chi connectivity index (χ2n) is 6.39. The lowest BCUT2D eigenvalue weighted by Crippen LogP contribution is -2.20. The molecule has 0 aliphatic carbocycles. The summed E-state index contributed by atoms with van der Waals surface area (Å²) < 4.78 is 24.2. The maximum atomic E-state index is 13.5. The fourth-order valence-corrected chi connectivity index (χ4v) is 2.36. The Morgan fingerprint density at radius 1 is 1.22 bits per heavy atom. The summed E-state index contributed by atoms with van der Waals surface area (Å²) in [5.41, 5.74) is 1.58. The molecule has 0 aliphatic heterocycles. The standard InChI is InChI=1S/C20H20FN3O3/c1-12(2)19-23-20(27-24-19)14-7-9-15(10-8-14)26-11-18(25)22-17-6-4-5-16(21)13(17)3/h4-10,12H,11H2,1-3H3,(H,22,25). The number of aromatic nitrogens is 2. The SMILES string of the molecule is Cc1c(F)cccc1NC(=O)COc1ccc(-c2nc(C(C)C)no2)cc1. The normalized spacial score (nSPS) is 10.9. The fraction of sp³-hybridized carbons (Fsp3) is 0.250. The number of hydrogen-bond donors (Lipinski definition) is 1. The Morgan fingerprint density at radius 2 is 1.96 bits per heavy atom. The highest BCUT2D eigenvalue weighted by atomic mass is 19.1. The Bertz CT molecular complexity index is 936. The molecule has 27 heavy (non-hydrogen) atoms. The van der Waals surface area contributed by atoms with Gasteiger partial charge in [-0.15, -0.1) is 0 Å². The van der Waals surface area contributed by atoms with E-state index in [1.165, 1.54) is 6.07 Å². The third-order valence-electron chi connectivity index (χ3n) is 3.97. The van der Waals surface area contributed by atoms with Crippen LogP contribution < -0.4 is 10.1 Å². The molecule has 7 heteroatoms. The van der Waals surface area contributed by atoms with Crippen molar-refractivity contribution in [3.63, 3.8) is 0 Å². The maximum absolute atomic E-state index is 13.5. The molecule has 0 saturated carbocycles. The van der Waals surface area contributed by atoms with E-state index in [1.54, 1.807) is 43.3 Å². The zero-order valence-electron chi connectivity index (χ0n) is 15.3. The number of nitrogens with one attached hydrogen (secondary N) is 1. The zero-order valence-corrected chi connectivity index (χ0v) is 15.3. The van der Waals surface area contributed by atoms with Gasteiger partial charge in [0, 0.05) is 22.7 Å². The van der Waals surface area contributed by atoms with Crippen LogP contribution in [-0.4, -0.2) is 22.7 Å². The van der Waals surface area contributed by atoms with Gasteiger partial charge >= 0.3 is 0 Å². The van der Waals surface area contributed by atoms with Gasteiger partial charge in [0.05, 0.1) is 0 Å². The molecule has 0 spiro atoms. The summed E-state index contributed by atoms with van der Waals surface area (Å²) in [4.78, 5) is 16.3. The smallest absolute Gasteiger partial charge is 0.262 e. The van der Waals surface area contributed by atoms with Gasteiger partial charge in [-0.05, 0) is 43.3 Å². The molecule has 0 saturated heterocycles. The molecular formula is C20H20FN3O3. The van der Waals surface area contributed by atoms with Crippen LogP contribution in [0.25, 0.3) is 11.5 Å². The van der Waals surface area contributed by atoms with Crippen LogP contribution in [0.5, 0.6) is 5.75 Å². The number of carbonyl (C=O) groups excluding carboxylic acids is 1. The average Bonchev–Trinajstić information content (AvgIpc) is 3.15. The monoisotopic (exact) mass is 369 g/mol. The van der Waals surface area contributed by atoms with E-state index in [-0.39, 0.29) is 24.2 Å². The average molecular weight is 369 g/mol. The Labute approximate surface area is 156 Å². The van der Waals surface area contributed by atoms with Crippen molar-refractivity contribution in [2.75, 3.05) is 11.9 Å². The number of ether oxygens (including phenoxy) is 1. The molecule has 1 aromatic heterocycles. The van der Waals surface area contributed by atoms with Gasteiger partial charge in [-0.25, -0.2) is 4.39 Å². The van der Waals surface area contributed by atoms with Crippen molar-refractivity contribution in [3.8, 4) is 17.2 Å². The molecule has 140 valence electrons. The van der Waals surface area contributed by atoms with Gasteiger partial charge in [0.1, 0.15) is 11.6 Å². The minimum Gasteiger partial charge on any atom is -0.484 e. The Hall–Kier alpha value is -3.22.